The minimum absolute atomic E-state index is 0.0739. The van der Waals surface area contributed by atoms with Crippen LogP contribution in [0.2, 0.25) is 0 Å². The third-order valence-electron chi connectivity index (χ3n) is 3.59. The van der Waals surface area contributed by atoms with E-state index >= 15 is 0 Å². The zero-order valence-electron chi connectivity index (χ0n) is 11.0. The molecule has 1 saturated heterocycles. The summed E-state index contributed by atoms with van der Waals surface area (Å²) in [5.74, 6) is -0.691. The van der Waals surface area contributed by atoms with Crippen LogP contribution in [0, 0.1) is 5.82 Å². The molecule has 4 nitrogen and oxygen atoms in total. The Morgan fingerprint density at radius 3 is 2.79 bits per heavy atom. The number of para-hydroxylation sites is 1. The molecule has 1 aliphatic rings. The first-order valence-electron chi connectivity index (χ1n) is 6.50. The van der Waals surface area contributed by atoms with Crippen LogP contribution < -0.4 is 5.73 Å². The number of hydrogen-bond donors (Lipinski definition) is 1. The van der Waals surface area contributed by atoms with Gasteiger partial charge in [-0.15, -0.1) is 0 Å². The molecule has 6 heteroatoms. The van der Waals surface area contributed by atoms with Gasteiger partial charge in [0.15, 0.2) is 0 Å². The van der Waals surface area contributed by atoms with E-state index in [-0.39, 0.29) is 16.6 Å². The maximum atomic E-state index is 13.4. The maximum absolute atomic E-state index is 13.4. The Balaban J connectivity index is 2.43. The third-order valence-corrected chi connectivity index (χ3v) is 5.66. The van der Waals surface area contributed by atoms with Gasteiger partial charge in [-0.05, 0) is 31.9 Å². The van der Waals surface area contributed by atoms with Crippen molar-refractivity contribution >= 4 is 15.7 Å². The summed E-state index contributed by atoms with van der Waals surface area (Å²) in [7, 11) is -3.72. The fourth-order valence-electron chi connectivity index (χ4n) is 2.47. The molecule has 1 heterocycles. The first-order valence-corrected chi connectivity index (χ1v) is 7.94. The number of anilines is 1. The van der Waals surface area contributed by atoms with E-state index in [1.54, 1.807) is 0 Å². The Morgan fingerprint density at radius 2 is 2.05 bits per heavy atom. The summed E-state index contributed by atoms with van der Waals surface area (Å²) in [4.78, 5) is -0.124. The van der Waals surface area contributed by atoms with Crippen molar-refractivity contribution in [3.8, 4) is 0 Å². The molecule has 0 spiro atoms. The molecule has 19 heavy (non-hydrogen) atoms. The molecule has 0 saturated carbocycles. The van der Waals surface area contributed by atoms with Crippen molar-refractivity contribution in [2.45, 2.75) is 43.5 Å². The lowest BCUT2D eigenvalue weighted by Gasteiger charge is -2.26. The van der Waals surface area contributed by atoms with Crippen molar-refractivity contribution < 1.29 is 12.8 Å². The zero-order valence-corrected chi connectivity index (χ0v) is 11.8. The normalized spacial score (nSPS) is 22.1. The SMILES string of the molecule is CC1CCCCCN1S(=O)(=O)c1cccc(F)c1N. The predicted molar refractivity (Wildman–Crippen MR) is 72.6 cm³/mol. The number of sulfonamides is 1. The lowest BCUT2D eigenvalue weighted by Crippen LogP contribution is -2.38. The molecule has 1 atom stereocenters. The fraction of sp³-hybridized carbons (Fsp3) is 0.538. The Bertz CT molecular complexity index is 560. The summed E-state index contributed by atoms with van der Waals surface area (Å²) < 4.78 is 40.1. The molecule has 1 unspecified atom stereocenters. The van der Waals surface area contributed by atoms with Crippen molar-refractivity contribution in [3.63, 3.8) is 0 Å². The van der Waals surface area contributed by atoms with Crippen molar-refractivity contribution in [3.05, 3.63) is 24.0 Å². The number of nitrogens with zero attached hydrogens (tertiary/aromatic N) is 1. The monoisotopic (exact) mass is 286 g/mol. The molecule has 0 aliphatic carbocycles. The summed E-state index contributed by atoms with van der Waals surface area (Å²) >= 11 is 0. The molecule has 1 aromatic rings. The number of nitrogen functional groups attached to an aromatic ring is 1. The van der Waals surface area contributed by atoms with Gasteiger partial charge in [0.25, 0.3) is 0 Å². The van der Waals surface area contributed by atoms with E-state index < -0.39 is 15.8 Å². The Morgan fingerprint density at radius 1 is 1.32 bits per heavy atom. The quantitative estimate of drug-likeness (QED) is 0.849. The predicted octanol–water partition coefficient (Wildman–Crippen LogP) is 2.36. The Hall–Kier alpha value is -1.14. The van der Waals surface area contributed by atoms with E-state index in [1.165, 1.54) is 22.5 Å². The molecule has 0 aromatic heterocycles. The largest absolute Gasteiger partial charge is 0.395 e. The summed E-state index contributed by atoms with van der Waals surface area (Å²) in [5.41, 5.74) is 5.29. The fourth-order valence-corrected chi connectivity index (χ4v) is 4.30. The minimum Gasteiger partial charge on any atom is -0.395 e. The molecule has 0 amide bonds. The average molecular weight is 286 g/mol. The number of nitrogens with two attached hydrogens (primary N) is 1. The minimum atomic E-state index is -3.72. The summed E-state index contributed by atoms with van der Waals surface area (Å²) in [6.45, 7) is 2.36. The molecule has 1 aromatic carbocycles. The van der Waals surface area contributed by atoms with Gasteiger partial charge in [0, 0.05) is 12.6 Å². The van der Waals surface area contributed by atoms with E-state index in [2.05, 4.69) is 0 Å². The van der Waals surface area contributed by atoms with Crippen LogP contribution >= 0.6 is 0 Å². The van der Waals surface area contributed by atoms with Gasteiger partial charge >= 0.3 is 0 Å². The highest BCUT2D eigenvalue weighted by molar-refractivity contribution is 7.89. The van der Waals surface area contributed by atoms with Gasteiger partial charge in [0.2, 0.25) is 10.0 Å². The second kappa shape index (κ2) is 5.46. The first kappa shape index (κ1) is 14.3. The van der Waals surface area contributed by atoms with Gasteiger partial charge in [-0.25, -0.2) is 12.8 Å². The molecule has 0 radical (unpaired) electrons. The van der Waals surface area contributed by atoms with E-state index in [9.17, 15) is 12.8 Å². The van der Waals surface area contributed by atoms with Gasteiger partial charge < -0.3 is 5.73 Å². The number of benzene rings is 1. The number of hydrogen-bond acceptors (Lipinski definition) is 3. The Kier molecular flexibility index (Phi) is 4.10. The second-order valence-corrected chi connectivity index (χ2v) is 6.82. The van der Waals surface area contributed by atoms with Gasteiger partial charge in [-0.3, -0.25) is 0 Å². The highest BCUT2D eigenvalue weighted by Gasteiger charge is 2.31. The van der Waals surface area contributed by atoms with Crippen LogP contribution in [0.5, 0.6) is 0 Å². The summed E-state index contributed by atoms with van der Waals surface area (Å²) in [5, 5.41) is 0. The van der Waals surface area contributed by atoms with Crippen LogP contribution in [0.1, 0.15) is 32.6 Å². The van der Waals surface area contributed by atoms with Crippen LogP contribution in [-0.4, -0.2) is 25.3 Å². The van der Waals surface area contributed by atoms with Crippen molar-refractivity contribution in [2.75, 3.05) is 12.3 Å². The van der Waals surface area contributed by atoms with Gasteiger partial charge in [0.05, 0.1) is 5.69 Å². The lowest BCUT2D eigenvalue weighted by molar-refractivity contribution is 0.342. The van der Waals surface area contributed by atoms with Crippen LogP contribution in [-0.2, 0) is 10.0 Å². The third kappa shape index (κ3) is 2.74. The number of rotatable bonds is 2. The van der Waals surface area contributed by atoms with Crippen LogP contribution in [0.4, 0.5) is 10.1 Å². The van der Waals surface area contributed by atoms with Crippen LogP contribution in [0.25, 0.3) is 0 Å². The van der Waals surface area contributed by atoms with E-state index in [1.807, 2.05) is 6.92 Å². The first-order chi connectivity index (χ1) is 8.94. The van der Waals surface area contributed by atoms with Crippen LogP contribution in [0.15, 0.2) is 23.1 Å². The topological polar surface area (TPSA) is 63.4 Å². The van der Waals surface area contributed by atoms with Crippen molar-refractivity contribution in [1.29, 1.82) is 0 Å². The maximum Gasteiger partial charge on any atom is 0.245 e. The molecular formula is C13H19FN2O2S. The standard InChI is InChI=1S/C13H19FN2O2S/c1-10-6-3-2-4-9-16(10)19(17,18)12-8-5-7-11(14)13(12)15/h5,7-8,10H,2-4,6,9,15H2,1H3. The average Bonchev–Trinajstić information content (AvgIpc) is 2.57. The second-order valence-electron chi connectivity index (χ2n) is 4.97. The molecule has 1 aliphatic heterocycles. The molecule has 106 valence electrons. The van der Waals surface area contributed by atoms with E-state index in [0.717, 1.165) is 25.7 Å². The van der Waals surface area contributed by atoms with Crippen LogP contribution in [0.3, 0.4) is 0 Å². The molecular weight excluding hydrogens is 267 g/mol. The molecule has 2 rings (SSSR count). The zero-order chi connectivity index (χ0) is 14.0. The smallest absolute Gasteiger partial charge is 0.245 e. The molecule has 2 N–H and O–H groups in total. The van der Waals surface area contributed by atoms with Gasteiger partial charge in [-0.2, -0.15) is 4.31 Å². The van der Waals surface area contributed by atoms with E-state index in [4.69, 9.17) is 5.73 Å². The van der Waals surface area contributed by atoms with Gasteiger partial charge in [0.1, 0.15) is 10.7 Å². The van der Waals surface area contributed by atoms with Gasteiger partial charge in [-0.1, -0.05) is 18.9 Å². The van der Waals surface area contributed by atoms with Crippen molar-refractivity contribution in [2.24, 2.45) is 0 Å². The van der Waals surface area contributed by atoms with Crippen molar-refractivity contribution in [1.82, 2.24) is 4.31 Å². The Labute approximate surface area is 113 Å². The molecule has 1 fully saturated rings. The summed E-state index contributed by atoms with van der Waals surface area (Å²) in [6.07, 6.45) is 3.70. The summed E-state index contributed by atoms with van der Waals surface area (Å²) in [6, 6.07) is 3.84. The molecule has 0 bridgehead atoms. The highest BCUT2D eigenvalue weighted by Crippen LogP contribution is 2.28. The van der Waals surface area contributed by atoms with E-state index in [0.29, 0.717) is 6.54 Å². The lowest BCUT2D eigenvalue weighted by atomic mass is 10.1. The highest BCUT2D eigenvalue weighted by atomic mass is 32.2. The number of halogens is 1.